The van der Waals surface area contributed by atoms with Crippen LogP contribution < -0.4 is 9.47 Å². The number of phenols is 1. The van der Waals surface area contributed by atoms with Gasteiger partial charge in [-0.25, -0.2) is 0 Å². The fraction of sp³-hybridized carbons (Fsp3) is 0.192. The van der Waals surface area contributed by atoms with Gasteiger partial charge in [-0.3, -0.25) is 4.68 Å². The number of hydrogen-bond acceptors (Lipinski definition) is 4. The highest BCUT2D eigenvalue weighted by Crippen LogP contribution is 2.41. The van der Waals surface area contributed by atoms with Crippen molar-refractivity contribution in [3.05, 3.63) is 83.0 Å². The highest BCUT2D eigenvalue weighted by molar-refractivity contribution is 6.30. The van der Waals surface area contributed by atoms with Gasteiger partial charge in [0.15, 0.2) is 0 Å². The van der Waals surface area contributed by atoms with Gasteiger partial charge in [0, 0.05) is 29.3 Å². The molecule has 0 spiro atoms. The zero-order valence-electron chi connectivity index (χ0n) is 18.3. The molecule has 0 saturated carbocycles. The van der Waals surface area contributed by atoms with Gasteiger partial charge in [-0.1, -0.05) is 42.8 Å². The molecule has 1 aromatic heterocycles. The van der Waals surface area contributed by atoms with Crippen molar-refractivity contribution in [2.45, 2.75) is 20.0 Å². The Bertz CT molecular complexity index is 1230. The molecule has 0 fully saturated rings. The summed E-state index contributed by atoms with van der Waals surface area (Å²) in [5.74, 6) is 1.49. The van der Waals surface area contributed by atoms with Crippen molar-refractivity contribution in [2.75, 3.05) is 7.11 Å². The maximum absolute atomic E-state index is 10.9. The second-order valence-electron chi connectivity index (χ2n) is 7.47. The van der Waals surface area contributed by atoms with Crippen LogP contribution in [-0.4, -0.2) is 22.0 Å². The average Bonchev–Trinajstić information content (AvgIpc) is 3.14. The number of halogens is 1. The van der Waals surface area contributed by atoms with Crippen LogP contribution in [0, 0.1) is 0 Å². The third-order valence-corrected chi connectivity index (χ3v) is 5.61. The Kier molecular flexibility index (Phi) is 6.37. The molecule has 0 saturated heterocycles. The zero-order chi connectivity index (χ0) is 22.7. The molecule has 0 aliphatic rings. The predicted octanol–water partition coefficient (Wildman–Crippen LogP) is 6.26. The molecule has 6 heteroatoms. The zero-order valence-corrected chi connectivity index (χ0v) is 19.1. The monoisotopic (exact) mass is 448 g/mol. The van der Waals surface area contributed by atoms with E-state index in [-0.39, 0.29) is 5.75 Å². The summed E-state index contributed by atoms with van der Waals surface area (Å²) in [6.45, 7) is 2.46. The van der Waals surface area contributed by atoms with E-state index >= 15 is 0 Å². The maximum Gasteiger partial charge on any atom is 0.128 e. The van der Waals surface area contributed by atoms with Gasteiger partial charge in [0.05, 0.1) is 18.5 Å². The first kappa shape index (κ1) is 21.8. The topological polar surface area (TPSA) is 56.5 Å². The second kappa shape index (κ2) is 9.37. The molecule has 0 amide bonds. The number of phenolic OH excluding ortho intramolecular Hbond substituents is 1. The number of aromatic nitrogens is 2. The summed E-state index contributed by atoms with van der Waals surface area (Å²) in [5.41, 5.74) is 5.47. The van der Waals surface area contributed by atoms with E-state index in [0.717, 1.165) is 40.2 Å². The lowest BCUT2D eigenvalue weighted by atomic mass is 9.97. The minimum Gasteiger partial charge on any atom is -0.507 e. The Balaban J connectivity index is 1.69. The SMILES string of the molecule is CCc1nn(C)c(-c2ccc(OCc3ccc(Cl)cc3)cc2O)c1-c1cccc(OC)c1. The van der Waals surface area contributed by atoms with Gasteiger partial charge >= 0.3 is 0 Å². The predicted molar refractivity (Wildman–Crippen MR) is 127 cm³/mol. The van der Waals surface area contributed by atoms with Crippen LogP contribution in [0.1, 0.15) is 18.2 Å². The number of hydrogen-bond donors (Lipinski definition) is 1. The van der Waals surface area contributed by atoms with E-state index in [0.29, 0.717) is 22.9 Å². The van der Waals surface area contributed by atoms with Crippen LogP contribution in [0.2, 0.25) is 5.02 Å². The minimum atomic E-state index is 0.133. The highest BCUT2D eigenvalue weighted by atomic mass is 35.5. The van der Waals surface area contributed by atoms with Crippen LogP contribution in [0.15, 0.2) is 66.7 Å². The number of aryl methyl sites for hydroxylation is 2. The van der Waals surface area contributed by atoms with Crippen LogP contribution in [0.5, 0.6) is 17.2 Å². The standard InChI is InChI=1S/C26H25ClN2O3/c1-4-23-25(18-6-5-7-20(14-18)31-3)26(29(2)28-23)22-13-12-21(15-24(22)30)32-16-17-8-10-19(27)11-9-17/h5-15,30H,4,16H2,1-3H3. The molecule has 0 bridgehead atoms. The lowest BCUT2D eigenvalue weighted by Gasteiger charge is -2.12. The lowest BCUT2D eigenvalue weighted by Crippen LogP contribution is -1.97. The molecule has 3 aromatic carbocycles. The normalized spacial score (nSPS) is 10.9. The summed E-state index contributed by atoms with van der Waals surface area (Å²) in [6.07, 6.45) is 0.767. The summed E-state index contributed by atoms with van der Waals surface area (Å²) >= 11 is 5.94. The number of aromatic hydroxyl groups is 1. The first-order valence-electron chi connectivity index (χ1n) is 10.4. The van der Waals surface area contributed by atoms with Gasteiger partial charge in [0.25, 0.3) is 0 Å². The number of nitrogens with zero attached hydrogens (tertiary/aromatic N) is 2. The van der Waals surface area contributed by atoms with Crippen molar-refractivity contribution in [1.29, 1.82) is 0 Å². The Morgan fingerprint density at radius 2 is 1.78 bits per heavy atom. The summed E-state index contributed by atoms with van der Waals surface area (Å²) in [6, 6.07) is 20.7. The molecular weight excluding hydrogens is 424 g/mol. The molecular formula is C26H25ClN2O3. The average molecular weight is 449 g/mol. The smallest absolute Gasteiger partial charge is 0.128 e. The van der Waals surface area contributed by atoms with E-state index in [1.807, 2.05) is 72.4 Å². The number of benzene rings is 3. The summed E-state index contributed by atoms with van der Waals surface area (Å²) in [7, 11) is 3.54. The van der Waals surface area contributed by atoms with Crippen molar-refractivity contribution in [2.24, 2.45) is 7.05 Å². The summed E-state index contributed by atoms with van der Waals surface area (Å²) < 4.78 is 13.1. The van der Waals surface area contributed by atoms with Gasteiger partial charge in [0.1, 0.15) is 23.9 Å². The molecule has 0 aliphatic heterocycles. The maximum atomic E-state index is 10.9. The molecule has 164 valence electrons. The van der Waals surface area contributed by atoms with Crippen molar-refractivity contribution in [3.63, 3.8) is 0 Å². The molecule has 4 rings (SSSR count). The van der Waals surface area contributed by atoms with Crippen molar-refractivity contribution < 1.29 is 14.6 Å². The molecule has 0 radical (unpaired) electrons. The molecule has 5 nitrogen and oxygen atoms in total. The molecule has 4 aromatic rings. The molecule has 0 unspecified atom stereocenters. The first-order chi connectivity index (χ1) is 15.5. The quantitative estimate of drug-likeness (QED) is 0.362. The van der Waals surface area contributed by atoms with Gasteiger partial charge in [-0.15, -0.1) is 0 Å². The van der Waals surface area contributed by atoms with E-state index in [9.17, 15) is 5.11 Å². The summed E-state index contributed by atoms with van der Waals surface area (Å²) in [4.78, 5) is 0. The van der Waals surface area contributed by atoms with Crippen LogP contribution in [0.25, 0.3) is 22.4 Å². The first-order valence-corrected chi connectivity index (χ1v) is 10.8. The van der Waals surface area contributed by atoms with E-state index < -0.39 is 0 Å². The number of methoxy groups -OCH3 is 1. The van der Waals surface area contributed by atoms with Gasteiger partial charge < -0.3 is 14.6 Å². The number of ether oxygens (including phenoxy) is 2. The van der Waals surface area contributed by atoms with Gasteiger partial charge in [0.2, 0.25) is 0 Å². The Hall–Kier alpha value is -3.44. The van der Waals surface area contributed by atoms with Crippen molar-refractivity contribution in [3.8, 4) is 39.6 Å². The van der Waals surface area contributed by atoms with E-state index in [4.69, 9.17) is 26.2 Å². The van der Waals surface area contributed by atoms with E-state index in [1.165, 1.54) is 0 Å². The lowest BCUT2D eigenvalue weighted by molar-refractivity contribution is 0.304. The Labute approximate surface area is 192 Å². The summed E-state index contributed by atoms with van der Waals surface area (Å²) in [5, 5.41) is 16.3. The van der Waals surface area contributed by atoms with Gasteiger partial charge in [-0.2, -0.15) is 5.10 Å². The largest absolute Gasteiger partial charge is 0.507 e. The van der Waals surface area contributed by atoms with Crippen molar-refractivity contribution in [1.82, 2.24) is 9.78 Å². The van der Waals surface area contributed by atoms with E-state index in [2.05, 4.69) is 6.92 Å². The fourth-order valence-electron chi connectivity index (χ4n) is 3.77. The molecule has 1 heterocycles. The van der Waals surface area contributed by atoms with Crippen molar-refractivity contribution >= 4 is 11.6 Å². The van der Waals surface area contributed by atoms with Crippen LogP contribution in [-0.2, 0) is 20.1 Å². The minimum absolute atomic E-state index is 0.133. The molecule has 0 atom stereocenters. The Morgan fingerprint density at radius 1 is 1.00 bits per heavy atom. The van der Waals surface area contributed by atoms with Crippen LogP contribution in [0.3, 0.4) is 0 Å². The molecule has 0 aliphatic carbocycles. The third kappa shape index (κ3) is 4.43. The number of rotatable bonds is 7. The molecule has 32 heavy (non-hydrogen) atoms. The third-order valence-electron chi connectivity index (χ3n) is 5.36. The Morgan fingerprint density at radius 3 is 2.47 bits per heavy atom. The van der Waals surface area contributed by atoms with E-state index in [1.54, 1.807) is 13.2 Å². The molecule has 1 N–H and O–H groups in total. The van der Waals surface area contributed by atoms with Gasteiger partial charge in [-0.05, 0) is 53.9 Å². The second-order valence-corrected chi connectivity index (χ2v) is 7.91. The highest BCUT2D eigenvalue weighted by Gasteiger charge is 2.21. The van der Waals surface area contributed by atoms with Crippen LogP contribution in [0.4, 0.5) is 0 Å². The fourth-order valence-corrected chi connectivity index (χ4v) is 3.89. The van der Waals surface area contributed by atoms with Crippen LogP contribution >= 0.6 is 11.6 Å².